The molecule has 0 unspecified atom stereocenters. The lowest BCUT2D eigenvalue weighted by atomic mass is 9.75. The molecule has 4 atom stereocenters. The molecule has 0 aromatic carbocycles. The molecular formula is C16H34NO2+. The van der Waals surface area contributed by atoms with Crippen LogP contribution in [0, 0.1) is 17.8 Å². The van der Waals surface area contributed by atoms with Gasteiger partial charge in [0.25, 0.3) is 0 Å². The highest BCUT2D eigenvalue weighted by molar-refractivity contribution is 4.81. The van der Waals surface area contributed by atoms with Crippen LogP contribution in [0.3, 0.4) is 0 Å². The second kappa shape index (κ2) is 7.05. The minimum absolute atomic E-state index is 0.339. The van der Waals surface area contributed by atoms with Gasteiger partial charge in [0.05, 0.1) is 33.9 Å². The second-order valence-electron chi connectivity index (χ2n) is 7.82. The van der Waals surface area contributed by atoms with Crippen molar-refractivity contribution >= 4 is 0 Å². The molecule has 0 spiro atoms. The fraction of sp³-hybridized carbons (Fsp3) is 1.00. The summed E-state index contributed by atoms with van der Waals surface area (Å²) in [6.07, 6.45) is 3.73. The Kier molecular flexibility index (Phi) is 6.28. The summed E-state index contributed by atoms with van der Waals surface area (Å²) in [6.45, 7) is 8.12. The van der Waals surface area contributed by atoms with Crippen molar-refractivity contribution < 1.29 is 14.3 Å². The quantitative estimate of drug-likeness (QED) is 0.753. The van der Waals surface area contributed by atoms with Crippen molar-refractivity contribution in [2.24, 2.45) is 17.8 Å². The van der Waals surface area contributed by atoms with E-state index >= 15 is 0 Å². The number of hydrogen-bond donors (Lipinski definition) is 1. The minimum atomic E-state index is -0.356. The first-order valence-electron chi connectivity index (χ1n) is 7.79. The molecule has 0 bridgehead atoms. The van der Waals surface area contributed by atoms with Gasteiger partial charge in [-0.1, -0.05) is 27.2 Å². The maximum atomic E-state index is 10.1. The molecule has 19 heavy (non-hydrogen) atoms. The van der Waals surface area contributed by atoms with Gasteiger partial charge in [-0.2, -0.15) is 0 Å². The number of hydrogen-bond acceptors (Lipinski definition) is 2. The molecule has 114 valence electrons. The zero-order valence-corrected chi connectivity index (χ0v) is 13.7. The maximum Gasteiger partial charge on any atom is 0.126 e. The fourth-order valence-electron chi connectivity index (χ4n) is 3.23. The third-order valence-corrected chi connectivity index (χ3v) is 4.22. The van der Waals surface area contributed by atoms with Crippen molar-refractivity contribution in [2.45, 2.75) is 52.2 Å². The number of aliphatic hydroxyl groups excluding tert-OH is 1. The van der Waals surface area contributed by atoms with E-state index in [1.807, 2.05) is 0 Å². The molecule has 3 nitrogen and oxygen atoms in total. The van der Waals surface area contributed by atoms with Crippen molar-refractivity contribution in [2.75, 3.05) is 34.3 Å². The Hall–Kier alpha value is -0.120. The van der Waals surface area contributed by atoms with E-state index in [-0.39, 0.29) is 6.10 Å². The molecule has 0 aliphatic heterocycles. The van der Waals surface area contributed by atoms with E-state index in [1.165, 1.54) is 12.8 Å². The minimum Gasteiger partial charge on any atom is -0.385 e. The molecule has 3 heteroatoms. The maximum absolute atomic E-state index is 10.1. The average Bonchev–Trinajstić information content (AvgIpc) is 2.23. The Labute approximate surface area is 119 Å². The Morgan fingerprint density at radius 3 is 2.37 bits per heavy atom. The molecule has 1 aliphatic rings. The number of quaternary nitrogens is 1. The second-order valence-corrected chi connectivity index (χ2v) is 7.82. The van der Waals surface area contributed by atoms with Crippen LogP contribution < -0.4 is 0 Å². The summed E-state index contributed by atoms with van der Waals surface area (Å²) in [5, 5.41) is 10.1. The largest absolute Gasteiger partial charge is 0.385 e. The van der Waals surface area contributed by atoms with Crippen molar-refractivity contribution in [3.63, 3.8) is 0 Å². The van der Waals surface area contributed by atoms with Gasteiger partial charge in [-0.15, -0.1) is 0 Å². The van der Waals surface area contributed by atoms with Gasteiger partial charge in [-0.05, 0) is 30.6 Å². The lowest BCUT2D eigenvalue weighted by Crippen LogP contribution is -2.44. The average molecular weight is 272 g/mol. The predicted octanol–water partition coefficient (Wildman–Crippen LogP) is 2.53. The van der Waals surface area contributed by atoms with E-state index in [1.54, 1.807) is 0 Å². The summed E-state index contributed by atoms with van der Waals surface area (Å²) < 4.78 is 6.85. The number of aliphatic hydroxyl groups is 1. The van der Waals surface area contributed by atoms with Crippen molar-refractivity contribution in [3.05, 3.63) is 0 Å². The van der Waals surface area contributed by atoms with Gasteiger partial charge in [0.2, 0.25) is 0 Å². The molecule has 0 amide bonds. The first-order valence-corrected chi connectivity index (χ1v) is 7.79. The molecule has 0 radical (unpaired) electrons. The first kappa shape index (κ1) is 16.9. The normalized spacial score (nSPS) is 30.6. The molecule has 0 heterocycles. The summed E-state index contributed by atoms with van der Waals surface area (Å²) in [5.41, 5.74) is 0. The predicted molar refractivity (Wildman–Crippen MR) is 80.0 cm³/mol. The number of ether oxygens (including phenoxy) is 1. The highest BCUT2D eigenvalue weighted by atomic mass is 16.5. The number of likely N-dealkylation sites (N-methyl/N-ethyl adjacent to an activating group) is 1. The molecule has 0 aromatic rings. The summed E-state index contributed by atoms with van der Waals surface area (Å²) in [4.78, 5) is 0. The van der Waals surface area contributed by atoms with Crippen LogP contribution >= 0.6 is 0 Å². The molecule has 0 saturated heterocycles. The monoisotopic (exact) mass is 272 g/mol. The Morgan fingerprint density at radius 1 is 1.21 bits per heavy atom. The summed E-state index contributed by atoms with van der Waals surface area (Å²) in [7, 11) is 6.30. The molecule has 0 aromatic heterocycles. The zero-order valence-electron chi connectivity index (χ0n) is 13.7. The van der Waals surface area contributed by atoms with Crippen LogP contribution in [-0.4, -0.2) is 56.1 Å². The van der Waals surface area contributed by atoms with Gasteiger partial charge < -0.3 is 14.3 Å². The molecule has 1 aliphatic carbocycles. The molecular weight excluding hydrogens is 238 g/mol. The van der Waals surface area contributed by atoms with Gasteiger partial charge in [0.1, 0.15) is 12.6 Å². The highest BCUT2D eigenvalue weighted by Crippen LogP contribution is 2.35. The fourth-order valence-corrected chi connectivity index (χ4v) is 3.23. The van der Waals surface area contributed by atoms with Crippen LogP contribution in [0.25, 0.3) is 0 Å². The van der Waals surface area contributed by atoms with E-state index in [0.717, 1.165) is 23.4 Å². The van der Waals surface area contributed by atoms with Gasteiger partial charge in [0.15, 0.2) is 0 Å². The first-order chi connectivity index (χ1) is 8.69. The van der Waals surface area contributed by atoms with Crippen LogP contribution in [0.4, 0.5) is 0 Å². The van der Waals surface area contributed by atoms with Gasteiger partial charge >= 0.3 is 0 Å². The smallest absolute Gasteiger partial charge is 0.126 e. The van der Waals surface area contributed by atoms with E-state index in [2.05, 4.69) is 41.9 Å². The molecule has 1 rings (SSSR count). The lowest BCUT2D eigenvalue weighted by Gasteiger charge is -2.37. The highest BCUT2D eigenvalue weighted by Gasteiger charge is 2.32. The van der Waals surface area contributed by atoms with Crippen LogP contribution in [0.2, 0.25) is 0 Å². The van der Waals surface area contributed by atoms with Crippen LogP contribution in [0.15, 0.2) is 0 Å². The third-order valence-electron chi connectivity index (χ3n) is 4.22. The standard InChI is InChI=1S/C16H34NO2/c1-12(2)15-8-7-13(3)9-16(15)19-11-14(18)10-17(4,5)6/h12-16,18H,7-11H2,1-6H3/q+1/t13-,14-,15-,16+/m1/s1. The van der Waals surface area contributed by atoms with Gasteiger partial charge in [-0.3, -0.25) is 0 Å². The Bertz CT molecular complexity index is 260. The van der Waals surface area contributed by atoms with Gasteiger partial charge in [-0.25, -0.2) is 0 Å². The van der Waals surface area contributed by atoms with Crippen molar-refractivity contribution in [3.8, 4) is 0 Å². The number of nitrogens with zero attached hydrogens (tertiary/aromatic N) is 1. The zero-order chi connectivity index (χ0) is 14.6. The third kappa shape index (κ3) is 6.24. The lowest BCUT2D eigenvalue weighted by molar-refractivity contribution is -0.873. The van der Waals surface area contributed by atoms with E-state index in [9.17, 15) is 5.11 Å². The van der Waals surface area contributed by atoms with Gasteiger partial charge in [0, 0.05) is 0 Å². The van der Waals surface area contributed by atoms with E-state index in [4.69, 9.17) is 4.74 Å². The summed E-state index contributed by atoms with van der Waals surface area (Å²) in [5.74, 6) is 2.09. The SMILES string of the molecule is CC(C)[C@H]1CC[C@@H](C)C[C@@H]1OC[C@H](O)C[N+](C)(C)C. The van der Waals surface area contributed by atoms with Crippen LogP contribution in [0.5, 0.6) is 0 Å². The summed E-state index contributed by atoms with van der Waals surface area (Å²) >= 11 is 0. The van der Waals surface area contributed by atoms with Crippen molar-refractivity contribution in [1.82, 2.24) is 0 Å². The molecule has 1 N–H and O–H groups in total. The topological polar surface area (TPSA) is 29.5 Å². The molecule has 1 saturated carbocycles. The van der Waals surface area contributed by atoms with E-state index in [0.29, 0.717) is 24.5 Å². The van der Waals surface area contributed by atoms with Crippen molar-refractivity contribution in [1.29, 1.82) is 0 Å². The Balaban J connectivity index is 2.44. The molecule has 1 fully saturated rings. The number of rotatable bonds is 6. The Morgan fingerprint density at radius 2 is 1.84 bits per heavy atom. The van der Waals surface area contributed by atoms with E-state index < -0.39 is 0 Å². The van der Waals surface area contributed by atoms with Crippen LogP contribution in [0.1, 0.15) is 40.0 Å². The summed E-state index contributed by atoms with van der Waals surface area (Å²) in [6, 6.07) is 0. The van der Waals surface area contributed by atoms with Crippen LogP contribution in [-0.2, 0) is 4.74 Å².